The predicted molar refractivity (Wildman–Crippen MR) is 101 cm³/mol. The number of likely N-dealkylation sites (N-methyl/N-ethyl adjacent to an activating group) is 2. The highest BCUT2D eigenvalue weighted by molar-refractivity contribution is 7.10. The van der Waals surface area contributed by atoms with Crippen LogP contribution in [0.5, 0.6) is 0 Å². The standard InChI is InChI=1S/C19H25N3OS/c1-14-9-11-24-18(14)12-20-17-7-5-4-6-16(17)19(23)22(3)15-8-10-21(2)13-15/h4-7,9,11,15,20H,8,10,12-13H2,1-3H3/t15-/m0/s1. The summed E-state index contributed by atoms with van der Waals surface area (Å²) < 4.78 is 0. The molecule has 24 heavy (non-hydrogen) atoms. The summed E-state index contributed by atoms with van der Waals surface area (Å²) in [5.74, 6) is 0.0984. The lowest BCUT2D eigenvalue weighted by molar-refractivity contribution is 0.0738. The summed E-state index contributed by atoms with van der Waals surface area (Å²) >= 11 is 1.75. The fourth-order valence-corrected chi connectivity index (χ4v) is 4.01. The lowest BCUT2D eigenvalue weighted by atomic mass is 10.1. The first kappa shape index (κ1) is 17.0. The van der Waals surface area contributed by atoms with Crippen molar-refractivity contribution in [1.29, 1.82) is 0 Å². The van der Waals surface area contributed by atoms with E-state index in [1.807, 2.05) is 36.2 Å². The number of nitrogens with zero attached hydrogens (tertiary/aromatic N) is 2. The molecule has 1 N–H and O–H groups in total. The van der Waals surface area contributed by atoms with Gasteiger partial charge in [0, 0.05) is 36.7 Å². The van der Waals surface area contributed by atoms with Gasteiger partial charge in [-0.25, -0.2) is 0 Å². The summed E-state index contributed by atoms with van der Waals surface area (Å²) in [5, 5.41) is 5.55. The van der Waals surface area contributed by atoms with Crippen LogP contribution in [0.2, 0.25) is 0 Å². The smallest absolute Gasteiger partial charge is 0.255 e. The van der Waals surface area contributed by atoms with Crippen molar-refractivity contribution < 1.29 is 4.79 Å². The molecule has 1 aliphatic rings. The molecule has 1 fully saturated rings. The topological polar surface area (TPSA) is 35.6 Å². The summed E-state index contributed by atoms with van der Waals surface area (Å²) in [6.45, 7) is 4.88. The molecule has 1 aromatic carbocycles. The lowest BCUT2D eigenvalue weighted by Gasteiger charge is -2.25. The summed E-state index contributed by atoms with van der Waals surface area (Å²) in [6.07, 6.45) is 1.04. The quantitative estimate of drug-likeness (QED) is 0.903. The van der Waals surface area contributed by atoms with Gasteiger partial charge in [0.2, 0.25) is 0 Å². The highest BCUT2D eigenvalue weighted by atomic mass is 32.1. The third-order valence-electron chi connectivity index (χ3n) is 4.80. The van der Waals surface area contributed by atoms with E-state index in [4.69, 9.17) is 0 Å². The zero-order chi connectivity index (χ0) is 17.1. The van der Waals surface area contributed by atoms with Crippen LogP contribution >= 0.6 is 11.3 Å². The molecule has 0 saturated carbocycles. The minimum atomic E-state index is 0.0984. The molecule has 0 radical (unpaired) electrons. The van der Waals surface area contributed by atoms with Gasteiger partial charge in [0.05, 0.1) is 5.56 Å². The number of carbonyl (C=O) groups is 1. The van der Waals surface area contributed by atoms with Gasteiger partial charge in [-0.2, -0.15) is 0 Å². The van der Waals surface area contributed by atoms with E-state index in [2.05, 4.69) is 35.6 Å². The van der Waals surface area contributed by atoms with Gasteiger partial charge >= 0.3 is 0 Å². The number of amides is 1. The summed E-state index contributed by atoms with van der Waals surface area (Å²) in [5.41, 5.74) is 2.96. The molecule has 1 aliphatic heterocycles. The number of para-hydroxylation sites is 1. The maximum absolute atomic E-state index is 13.0. The van der Waals surface area contributed by atoms with Crippen molar-refractivity contribution in [3.05, 3.63) is 51.7 Å². The van der Waals surface area contributed by atoms with Crippen LogP contribution in [-0.4, -0.2) is 48.9 Å². The summed E-state index contributed by atoms with van der Waals surface area (Å²) in [6, 6.07) is 10.2. The molecule has 0 spiro atoms. The van der Waals surface area contributed by atoms with E-state index in [0.29, 0.717) is 6.04 Å². The number of hydrogen-bond acceptors (Lipinski definition) is 4. The van der Waals surface area contributed by atoms with Crippen LogP contribution in [0.1, 0.15) is 27.2 Å². The first-order valence-electron chi connectivity index (χ1n) is 8.38. The van der Waals surface area contributed by atoms with Crippen LogP contribution in [0.3, 0.4) is 0 Å². The van der Waals surface area contributed by atoms with Gasteiger partial charge < -0.3 is 15.1 Å². The van der Waals surface area contributed by atoms with Crippen molar-refractivity contribution in [1.82, 2.24) is 9.80 Å². The van der Waals surface area contributed by atoms with Crippen LogP contribution in [0.15, 0.2) is 35.7 Å². The molecule has 1 aromatic heterocycles. The molecule has 1 atom stereocenters. The Bertz CT molecular complexity index is 712. The van der Waals surface area contributed by atoms with E-state index in [1.54, 1.807) is 11.3 Å². The third kappa shape index (κ3) is 3.62. The van der Waals surface area contributed by atoms with Crippen LogP contribution in [0.25, 0.3) is 0 Å². The number of benzene rings is 1. The fourth-order valence-electron chi connectivity index (χ4n) is 3.17. The van der Waals surface area contributed by atoms with Crippen molar-refractivity contribution in [2.24, 2.45) is 0 Å². The molecule has 3 rings (SSSR count). The van der Waals surface area contributed by atoms with Gasteiger partial charge in [0.1, 0.15) is 0 Å². The van der Waals surface area contributed by atoms with Crippen LogP contribution in [-0.2, 0) is 6.54 Å². The number of rotatable bonds is 5. The Balaban J connectivity index is 1.73. The predicted octanol–water partition coefficient (Wildman–Crippen LogP) is 3.44. The zero-order valence-corrected chi connectivity index (χ0v) is 15.4. The summed E-state index contributed by atoms with van der Waals surface area (Å²) in [7, 11) is 4.03. The number of likely N-dealkylation sites (tertiary alicyclic amines) is 1. The van der Waals surface area contributed by atoms with Crippen LogP contribution < -0.4 is 5.32 Å². The van der Waals surface area contributed by atoms with Crippen molar-refractivity contribution in [3.8, 4) is 0 Å². The minimum absolute atomic E-state index is 0.0984. The average molecular weight is 343 g/mol. The Morgan fingerprint density at radius 2 is 2.17 bits per heavy atom. The van der Waals surface area contributed by atoms with Gasteiger partial charge in [0.25, 0.3) is 5.91 Å². The number of nitrogens with one attached hydrogen (secondary N) is 1. The van der Waals surface area contributed by atoms with Crippen LogP contribution in [0, 0.1) is 6.92 Å². The molecule has 128 valence electrons. The third-order valence-corrected chi connectivity index (χ3v) is 5.82. The van der Waals surface area contributed by atoms with Gasteiger partial charge in [-0.3, -0.25) is 4.79 Å². The molecular weight excluding hydrogens is 318 g/mol. The molecule has 0 unspecified atom stereocenters. The number of hydrogen-bond donors (Lipinski definition) is 1. The highest BCUT2D eigenvalue weighted by Crippen LogP contribution is 2.23. The van der Waals surface area contributed by atoms with E-state index in [9.17, 15) is 4.79 Å². The van der Waals surface area contributed by atoms with Crippen molar-refractivity contribution in [2.75, 3.05) is 32.5 Å². The SMILES string of the molecule is Cc1ccsc1CNc1ccccc1C(=O)N(C)[C@H]1CCN(C)C1. The van der Waals surface area contributed by atoms with Crippen molar-refractivity contribution in [2.45, 2.75) is 25.9 Å². The number of thiophene rings is 1. The van der Waals surface area contributed by atoms with E-state index in [0.717, 1.165) is 37.3 Å². The molecule has 2 aromatic rings. The maximum Gasteiger partial charge on any atom is 0.255 e. The normalized spacial score (nSPS) is 17.9. The second-order valence-corrected chi connectivity index (χ2v) is 7.55. The number of carbonyl (C=O) groups excluding carboxylic acids is 1. The van der Waals surface area contributed by atoms with Crippen LogP contribution in [0.4, 0.5) is 5.69 Å². The van der Waals surface area contributed by atoms with E-state index >= 15 is 0 Å². The van der Waals surface area contributed by atoms with Crippen molar-refractivity contribution in [3.63, 3.8) is 0 Å². The van der Waals surface area contributed by atoms with Crippen molar-refractivity contribution >= 4 is 22.9 Å². The van der Waals surface area contributed by atoms with Gasteiger partial charge in [-0.1, -0.05) is 12.1 Å². The van der Waals surface area contributed by atoms with E-state index < -0.39 is 0 Å². The van der Waals surface area contributed by atoms with Gasteiger partial charge in [0.15, 0.2) is 0 Å². The molecule has 5 heteroatoms. The zero-order valence-electron chi connectivity index (χ0n) is 14.6. The monoisotopic (exact) mass is 343 g/mol. The first-order valence-corrected chi connectivity index (χ1v) is 9.26. The second-order valence-electron chi connectivity index (χ2n) is 6.55. The maximum atomic E-state index is 13.0. The molecule has 1 saturated heterocycles. The van der Waals surface area contributed by atoms with E-state index in [1.165, 1.54) is 10.4 Å². The minimum Gasteiger partial charge on any atom is -0.379 e. The Hall–Kier alpha value is -1.85. The van der Waals surface area contributed by atoms with Gasteiger partial charge in [-0.05, 0) is 56.1 Å². The Morgan fingerprint density at radius 3 is 2.83 bits per heavy atom. The Labute approximate surface area is 148 Å². The molecule has 1 amide bonds. The Kier molecular flexibility index (Phi) is 5.21. The first-order chi connectivity index (χ1) is 11.6. The number of anilines is 1. The highest BCUT2D eigenvalue weighted by Gasteiger charge is 2.27. The average Bonchev–Trinajstić information content (AvgIpc) is 3.20. The number of aryl methyl sites for hydroxylation is 1. The molecule has 4 nitrogen and oxygen atoms in total. The molecule has 2 heterocycles. The fraction of sp³-hybridized carbons (Fsp3) is 0.421. The van der Waals surface area contributed by atoms with Gasteiger partial charge in [-0.15, -0.1) is 11.3 Å². The molecular formula is C19H25N3OS. The molecule has 0 bridgehead atoms. The largest absolute Gasteiger partial charge is 0.379 e. The molecule has 0 aliphatic carbocycles. The second kappa shape index (κ2) is 7.36. The van der Waals surface area contributed by atoms with E-state index in [-0.39, 0.29) is 5.91 Å². The summed E-state index contributed by atoms with van der Waals surface area (Å²) in [4.78, 5) is 18.4. The Morgan fingerprint density at radius 1 is 1.38 bits per heavy atom. The lowest BCUT2D eigenvalue weighted by Crippen LogP contribution is -2.38.